The second kappa shape index (κ2) is 9.69. The first kappa shape index (κ1) is 22.3. The van der Waals surface area contributed by atoms with Crippen LogP contribution >= 0.6 is 0 Å². The lowest BCUT2D eigenvalue weighted by molar-refractivity contribution is 0.0937. The van der Waals surface area contributed by atoms with Crippen molar-refractivity contribution in [1.29, 1.82) is 0 Å². The second-order valence-corrected chi connectivity index (χ2v) is 8.44. The van der Waals surface area contributed by atoms with Crippen LogP contribution in [0.15, 0.2) is 30.3 Å². The molecule has 1 N–H and O–H groups in total. The van der Waals surface area contributed by atoms with Crippen LogP contribution in [-0.2, 0) is 6.42 Å². The number of nitrogens with one attached hydrogen (secondary N) is 1. The van der Waals surface area contributed by atoms with Gasteiger partial charge in [-0.3, -0.25) is 9.69 Å². The molecule has 2 heterocycles. The van der Waals surface area contributed by atoms with Crippen molar-refractivity contribution in [2.24, 2.45) is 0 Å². The molecule has 0 spiro atoms. The van der Waals surface area contributed by atoms with Crippen LogP contribution < -0.4 is 24.4 Å². The van der Waals surface area contributed by atoms with E-state index in [1.807, 2.05) is 0 Å². The Labute approximate surface area is 190 Å². The van der Waals surface area contributed by atoms with E-state index in [4.69, 9.17) is 14.2 Å². The highest BCUT2D eigenvalue weighted by molar-refractivity contribution is 5.95. The van der Waals surface area contributed by atoms with Gasteiger partial charge in [0, 0.05) is 31.4 Å². The van der Waals surface area contributed by atoms with Crippen LogP contribution in [0.3, 0.4) is 0 Å². The van der Waals surface area contributed by atoms with Gasteiger partial charge in [-0.25, -0.2) is 0 Å². The number of anilines is 1. The van der Waals surface area contributed by atoms with Gasteiger partial charge in [0.15, 0.2) is 11.5 Å². The van der Waals surface area contributed by atoms with Crippen molar-refractivity contribution in [3.05, 3.63) is 47.0 Å². The summed E-state index contributed by atoms with van der Waals surface area (Å²) in [6.07, 6.45) is 3.47. The largest absolute Gasteiger partial charge is 0.493 e. The molecule has 7 heteroatoms. The molecule has 172 valence electrons. The molecule has 2 aliphatic rings. The number of likely N-dealkylation sites (N-methyl/N-ethyl adjacent to an activating group) is 1. The summed E-state index contributed by atoms with van der Waals surface area (Å²) in [7, 11) is 6.79. The number of ether oxygens (including phenoxy) is 3. The standard InChI is InChI=1S/C25H33N3O4/c1-27-12-9-18-13-17(7-8-20(18)27)21(28-10-5-6-11-28)16-26-25(29)19-14-22(30-2)24(32-4)23(15-19)31-3/h7-8,13-15,21H,5-6,9-12,16H2,1-4H3,(H,26,29)/t21-/m0/s1. The summed E-state index contributed by atoms with van der Waals surface area (Å²) in [5.74, 6) is 1.26. The number of carbonyl (C=O) groups excluding carboxylic acids is 1. The molecule has 1 fully saturated rings. The van der Waals surface area contributed by atoms with Crippen molar-refractivity contribution < 1.29 is 19.0 Å². The summed E-state index contributed by atoms with van der Waals surface area (Å²) in [5, 5.41) is 3.15. The molecule has 0 aliphatic carbocycles. The zero-order valence-electron chi connectivity index (χ0n) is 19.4. The fraction of sp³-hybridized carbons (Fsp3) is 0.480. The van der Waals surface area contributed by atoms with Gasteiger partial charge in [0.1, 0.15) is 0 Å². The van der Waals surface area contributed by atoms with Crippen LogP contribution in [0, 0.1) is 0 Å². The summed E-state index contributed by atoms with van der Waals surface area (Å²) < 4.78 is 16.2. The van der Waals surface area contributed by atoms with Crippen molar-refractivity contribution >= 4 is 11.6 Å². The number of amides is 1. The van der Waals surface area contributed by atoms with Crippen molar-refractivity contribution in [3.63, 3.8) is 0 Å². The van der Waals surface area contributed by atoms with Gasteiger partial charge in [0.2, 0.25) is 5.75 Å². The van der Waals surface area contributed by atoms with Gasteiger partial charge in [0.05, 0.1) is 27.4 Å². The van der Waals surface area contributed by atoms with Crippen molar-refractivity contribution in [3.8, 4) is 17.2 Å². The number of benzene rings is 2. The smallest absolute Gasteiger partial charge is 0.251 e. The van der Waals surface area contributed by atoms with Crippen molar-refractivity contribution in [2.45, 2.75) is 25.3 Å². The lowest BCUT2D eigenvalue weighted by Crippen LogP contribution is -2.36. The number of carbonyl (C=O) groups is 1. The molecule has 1 amide bonds. The zero-order chi connectivity index (χ0) is 22.7. The van der Waals surface area contributed by atoms with Crippen LogP contribution in [0.2, 0.25) is 0 Å². The van der Waals surface area contributed by atoms with Crippen LogP contribution in [0.5, 0.6) is 17.2 Å². The first-order valence-electron chi connectivity index (χ1n) is 11.2. The topological polar surface area (TPSA) is 63.3 Å². The fourth-order valence-corrected chi connectivity index (χ4v) is 4.81. The predicted molar refractivity (Wildman–Crippen MR) is 125 cm³/mol. The maximum Gasteiger partial charge on any atom is 0.251 e. The van der Waals surface area contributed by atoms with Crippen LogP contribution in [0.25, 0.3) is 0 Å². The lowest BCUT2D eigenvalue weighted by Gasteiger charge is -2.29. The number of likely N-dealkylation sites (tertiary alicyclic amines) is 1. The summed E-state index contributed by atoms with van der Waals surface area (Å²) in [6.45, 7) is 3.72. The molecule has 0 unspecified atom stereocenters. The van der Waals surface area contributed by atoms with Gasteiger partial charge in [-0.1, -0.05) is 12.1 Å². The fourth-order valence-electron chi connectivity index (χ4n) is 4.81. The van der Waals surface area contributed by atoms with Crippen LogP contribution in [0.1, 0.15) is 40.4 Å². The van der Waals surface area contributed by atoms with E-state index < -0.39 is 0 Å². The normalized spacial score (nSPS) is 16.6. The van der Waals surface area contributed by atoms with Crippen molar-refractivity contribution in [1.82, 2.24) is 10.2 Å². The zero-order valence-corrected chi connectivity index (χ0v) is 19.4. The minimum atomic E-state index is -0.158. The minimum Gasteiger partial charge on any atom is -0.493 e. The quantitative estimate of drug-likeness (QED) is 0.681. The van der Waals surface area contributed by atoms with E-state index >= 15 is 0 Å². The van der Waals surface area contributed by atoms with E-state index in [9.17, 15) is 4.79 Å². The first-order chi connectivity index (χ1) is 15.5. The highest BCUT2D eigenvalue weighted by Crippen LogP contribution is 2.38. The van der Waals surface area contributed by atoms with E-state index in [0.29, 0.717) is 29.4 Å². The number of hydrogen-bond donors (Lipinski definition) is 1. The Balaban J connectivity index is 1.55. The first-order valence-corrected chi connectivity index (χ1v) is 11.2. The highest BCUT2D eigenvalue weighted by atomic mass is 16.5. The highest BCUT2D eigenvalue weighted by Gasteiger charge is 2.26. The van der Waals surface area contributed by atoms with Gasteiger partial charge in [-0.15, -0.1) is 0 Å². The Morgan fingerprint density at radius 2 is 1.69 bits per heavy atom. The molecule has 2 aliphatic heterocycles. The minimum absolute atomic E-state index is 0.152. The average molecular weight is 440 g/mol. The molecular formula is C25H33N3O4. The van der Waals surface area contributed by atoms with Crippen LogP contribution in [-0.4, -0.2) is 65.4 Å². The number of rotatable bonds is 8. The van der Waals surface area contributed by atoms with Gasteiger partial charge >= 0.3 is 0 Å². The molecular weight excluding hydrogens is 406 g/mol. The van der Waals surface area contributed by atoms with E-state index in [0.717, 1.165) is 26.1 Å². The molecule has 1 saturated heterocycles. The molecule has 2 aromatic rings. The Hall–Kier alpha value is -2.93. The Morgan fingerprint density at radius 1 is 1.00 bits per heavy atom. The third-order valence-corrected chi connectivity index (χ3v) is 6.58. The molecule has 4 rings (SSSR count). The lowest BCUT2D eigenvalue weighted by atomic mass is 10.0. The SMILES string of the molecule is COc1cc(C(=O)NC[C@@H](c2ccc3c(c2)CCN3C)N2CCCC2)cc(OC)c1OC. The van der Waals surface area contributed by atoms with Crippen molar-refractivity contribution in [2.75, 3.05) is 59.5 Å². The van der Waals surface area contributed by atoms with Gasteiger partial charge in [-0.05, 0) is 61.7 Å². The number of fused-ring (bicyclic) bond motifs is 1. The van der Waals surface area contributed by atoms with Gasteiger partial charge in [0.25, 0.3) is 5.91 Å². The molecule has 2 aromatic carbocycles. The molecule has 0 bridgehead atoms. The summed E-state index contributed by atoms with van der Waals surface area (Å²) in [5.41, 5.74) is 4.46. The summed E-state index contributed by atoms with van der Waals surface area (Å²) in [4.78, 5) is 17.9. The summed E-state index contributed by atoms with van der Waals surface area (Å²) >= 11 is 0. The monoisotopic (exact) mass is 439 g/mol. The van der Waals surface area contributed by atoms with Gasteiger partial charge in [-0.2, -0.15) is 0 Å². The van der Waals surface area contributed by atoms with Crippen LogP contribution in [0.4, 0.5) is 5.69 Å². The van der Waals surface area contributed by atoms with Gasteiger partial charge < -0.3 is 24.4 Å². The molecule has 0 aromatic heterocycles. The third-order valence-electron chi connectivity index (χ3n) is 6.58. The number of nitrogens with zero attached hydrogens (tertiary/aromatic N) is 2. The Morgan fingerprint density at radius 3 is 2.31 bits per heavy atom. The van der Waals surface area contributed by atoms with E-state index in [1.165, 1.54) is 29.7 Å². The Bertz CT molecular complexity index is 947. The molecule has 7 nitrogen and oxygen atoms in total. The molecule has 1 atom stereocenters. The Kier molecular flexibility index (Phi) is 6.74. The second-order valence-electron chi connectivity index (χ2n) is 8.44. The third kappa shape index (κ3) is 4.35. The number of methoxy groups -OCH3 is 3. The maximum absolute atomic E-state index is 13.1. The summed E-state index contributed by atoms with van der Waals surface area (Å²) in [6, 6.07) is 10.3. The van der Waals surface area contributed by atoms with E-state index in [-0.39, 0.29) is 11.9 Å². The molecule has 0 saturated carbocycles. The maximum atomic E-state index is 13.1. The van der Waals surface area contributed by atoms with E-state index in [1.54, 1.807) is 33.5 Å². The predicted octanol–water partition coefficient (Wildman–Crippen LogP) is 3.27. The average Bonchev–Trinajstić information content (AvgIpc) is 3.48. The molecule has 0 radical (unpaired) electrons. The van der Waals surface area contributed by atoms with E-state index in [2.05, 4.69) is 40.4 Å². The number of hydrogen-bond acceptors (Lipinski definition) is 6. The molecule has 32 heavy (non-hydrogen) atoms.